The number of para-hydroxylation sites is 1. The first-order chi connectivity index (χ1) is 28.6. The van der Waals surface area contributed by atoms with Gasteiger partial charge in [-0.2, -0.15) is 5.26 Å². The van der Waals surface area contributed by atoms with Crippen molar-refractivity contribution in [2.75, 3.05) is 13.2 Å². The van der Waals surface area contributed by atoms with Gasteiger partial charge in [0.15, 0.2) is 0 Å². The zero-order valence-corrected chi connectivity index (χ0v) is 33.1. The average molecular weight is 805 g/mol. The SMILES string of the molecule is N#Cc1ccc(C[C@@H]2NC(=O)[C@@H]3C[C@@H]4CCCC[C@@H]4N3C(=O)[C@H]3CCCN3C(=O)[C@H](CO)NC(=O)[C@H](Cc3c[nH]c4ccccc34)NC(=O)C3(CCCC3)NC2=O)cc1. The Morgan fingerprint density at radius 3 is 2.24 bits per heavy atom. The number of aromatic amines is 1. The molecule has 0 unspecified atom stereocenters. The number of carbonyl (C=O) groups is 6. The third kappa shape index (κ3) is 7.90. The molecule has 3 aromatic rings. The molecule has 15 nitrogen and oxygen atoms in total. The number of nitriles is 1. The highest BCUT2D eigenvalue weighted by Gasteiger charge is 2.52. The Labute approximate surface area is 342 Å². The van der Waals surface area contributed by atoms with E-state index in [-0.39, 0.29) is 50.1 Å². The Hall–Kier alpha value is -5.75. The zero-order valence-electron chi connectivity index (χ0n) is 33.1. The van der Waals surface area contributed by atoms with Gasteiger partial charge in [0.05, 0.1) is 18.2 Å². The molecule has 1 aromatic heterocycles. The number of amides is 6. The number of aromatic nitrogens is 1. The lowest BCUT2D eigenvalue weighted by Gasteiger charge is -2.38. The summed E-state index contributed by atoms with van der Waals surface area (Å²) in [6.45, 7) is -0.513. The first-order valence-corrected chi connectivity index (χ1v) is 21.1. The number of aliphatic hydroxyl groups is 1. The summed E-state index contributed by atoms with van der Waals surface area (Å²) in [7, 11) is 0. The highest BCUT2D eigenvalue weighted by Crippen LogP contribution is 2.41. The predicted octanol–water partition coefficient (Wildman–Crippen LogP) is 1.86. The van der Waals surface area contributed by atoms with Crippen LogP contribution in [-0.4, -0.2) is 110 Å². The van der Waals surface area contributed by atoms with Gasteiger partial charge in [-0.1, -0.05) is 56.0 Å². The Morgan fingerprint density at radius 2 is 1.47 bits per heavy atom. The molecule has 0 bridgehead atoms. The lowest BCUT2D eigenvalue weighted by atomic mass is 9.84. The van der Waals surface area contributed by atoms with Crippen molar-refractivity contribution in [2.45, 2.75) is 125 Å². The summed E-state index contributed by atoms with van der Waals surface area (Å²) in [6.07, 6.45) is 8.34. The van der Waals surface area contributed by atoms with Gasteiger partial charge in [-0.05, 0) is 80.2 Å². The quantitative estimate of drug-likeness (QED) is 0.223. The molecule has 7 atom stereocenters. The maximum Gasteiger partial charge on any atom is 0.248 e. The van der Waals surface area contributed by atoms with E-state index in [1.807, 2.05) is 24.3 Å². The number of nitrogens with one attached hydrogen (secondary N) is 5. The number of nitrogens with zero attached hydrogens (tertiary/aromatic N) is 3. The molecule has 15 heteroatoms. The fourth-order valence-corrected chi connectivity index (χ4v) is 10.3. The maximum absolute atomic E-state index is 14.8. The normalized spacial score (nSPS) is 29.1. The number of H-pyrrole nitrogens is 1. The van der Waals surface area contributed by atoms with Crippen LogP contribution in [0.3, 0.4) is 0 Å². The van der Waals surface area contributed by atoms with Crippen LogP contribution in [0.1, 0.15) is 87.3 Å². The van der Waals surface area contributed by atoms with Gasteiger partial charge in [-0.3, -0.25) is 28.8 Å². The van der Waals surface area contributed by atoms with Gasteiger partial charge < -0.3 is 41.2 Å². The van der Waals surface area contributed by atoms with Crippen molar-refractivity contribution in [2.24, 2.45) is 5.92 Å². The Balaban J connectivity index is 1.18. The number of rotatable bonds is 5. The van der Waals surface area contributed by atoms with Gasteiger partial charge in [-0.15, -0.1) is 0 Å². The number of carbonyl (C=O) groups excluding carboxylic acids is 6. The summed E-state index contributed by atoms with van der Waals surface area (Å²) in [5, 5.41) is 32.5. The van der Waals surface area contributed by atoms with Crippen LogP contribution in [0.5, 0.6) is 0 Å². The van der Waals surface area contributed by atoms with E-state index in [4.69, 9.17) is 0 Å². The van der Waals surface area contributed by atoms with Crippen LogP contribution in [0.4, 0.5) is 0 Å². The monoisotopic (exact) mass is 804 g/mol. The molecule has 6 amide bonds. The van der Waals surface area contributed by atoms with Crippen molar-refractivity contribution in [1.29, 1.82) is 5.26 Å². The minimum Gasteiger partial charge on any atom is -0.394 e. The van der Waals surface area contributed by atoms with Crippen molar-refractivity contribution < 1.29 is 33.9 Å². The standard InChI is InChI=1S/C44H52N8O7/c45-23-27-15-13-26(14-16-27)20-32-39(55)50-44(17-5-6-18-44)43(59)49-33(21-29-24-46-31-10-3-2-9-30(29)31)38(54)48-34(25-53)41(57)51-19-7-12-36(51)42(58)52-35-11-4-1-8-28(35)22-37(52)40(56)47-32/h2-3,9-10,13-16,24,28,32-37,46,53H,1,4-8,11-12,17-22,25H2,(H,47,56)(H,48,54)(H,49,59)(H,50,55)/t28-,32-,33-,34-,35-,36+,37-/m0/s1. The van der Waals surface area contributed by atoms with E-state index in [9.17, 15) is 39.1 Å². The van der Waals surface area contributed by atoms with Crippen molar-refractivity contribution in [3.8, 4) is 6.07 Å². The highest BCUT2D eigenvalue weighted by atomic mass is 16.3. The smallest absolute Gasteiger partial charge is 0.248 e. The number of hydrogen-bond acceptors (Lipinski definition) is 8. The first-order valence-electron chi connectivity index (χ1n) is 21.1. The van der Waals surface area contributed by atoms with E-state index in [1.54, 1.807) is 35.4 Å². The van der Waals surface area contributed by atoms with Crippen LogP contribution < -0.4 is 21.3 Å². The van der Waals surface area contributed by atoms with Crippen molar-refractivity contribution in [1.82, 2.24) is 36.1 Å². The molecule has 2 aromatic carbocycles. The fourth-order valence-electron chi connectivity index (χ4n) is 10.3. The number of benzene rings is 2. The molecule has 4 heterocycles. The molecule has 6 N–H and O–H groups in total. The second-order valence-corrected chi connectivity index (χ2v) is 17.0. The lowest BCUT2D eigenvalue weighted by molar-refractivity contribution is -0.150. The third-order valence-corrected chi connectivity index (χ3v) is 13.4. The summed E-state index contributed by atoms with van der Waals surface area (Å²) in [6, 6.07) is 10.5. The average Bonchev–Trinajstić information content (AvgIpc) is 4.08. The highest BCUT2D eigenvalue weighted by molar-refractivity contribution is 6.00. The molecular formula is C44H52N8O7. The number of fused-ring (bicyclic) bond motifs is 5. The van der Waals surface area contributed by atoms with Gasteiger partial charge in [-0.25, -0.2) is 0 Å². The molecule has 2 aliphatic carbocycles. The van der Waals surface area contributed by atoms with E-state index in [0.29, 0.717) is 49.7 Å². The minimum absolute atomic E-state index is 0.0268. The zero-order chi connectivity index (χ0) is 41.3. The van der Waals surface area contributed by atoms with Crippen LogP contribution in [0.15, 0.2) is 54.7 Å². The van der Waals surface area contributed by atoms with Crippen molar-refractivity contribution in [3.05, 3.63) is 71.4 Å². The third-order valence-electron chi connectivity index (χ3n) is 13.4. The van der Waals surface area contributed by atoms with Gasteiger partial charge in [0, 0.05) is 42.5 Å². The molecule has 3 aliphatic heterocycles. The first kappa shape index (κ1) is 40.0. The summed E-state index contributed by atoms with van der Waals surface area (Å²) < 4.78 is 0. The van der Waals surface area contributed by atoms with Crippen molar-refractivity contribution >= 4 is 46.3 Å². The largest absolute Gasteiger partial charge is 0.394 e. The second-order valence-electron chi connectivity index (χ2n) is 17.0. The van der Waals surface area contributed by atoms with Crippen LogP contribution in [-0.2, 0) is 41.6 Å². The molecule has 1 spiro atoms. The molecule has 8 rings (SSSR count). The summed E-state index contributed by atoms with van der Waals surface area (Å²) in [5.74, 6) is -3.24. The van der Waals surface area contributed by atoms with Crippen LogP contribution in [0.2, 0.25) is 0 Å². The van der Waals surface area contributed by atoms with Gasteiger partial charge in [0.2, 0.25) is 35.4 Å². The topological polar surface area (TPSA) is 217 Å². The summed E-state index contributed by atoms with van der Waals surface area (Å²) in [4.78, 5) is 93.5. The molecular weight excluding hydrogens is 753 g/mol. The molecule has 3 saturated heterocycles. The second kappa shape index (κ2) is 16.8. The van der Waals surface area contributed by atoms with Crippen LogP contribution >= 0.6 is 0 Å². The summed E-state index contributed by atoms with van der Waals surface area (Å²) >= 11 is 0. The Bertz CT molecular complexity index is 2160. The van der Waals surface area contributed by atoms with E-state index < -0.39 is 71.9 Å². The number of hydrogen-bond donors (Lipinski definition) is 6. The Kier molecular flexibility index (Phi) is 11.4. The fraction of sp³-hybridized carbons (Fsp3) is 0.523. The van der Waals surface area contributed by atoms with Gasteiger partial charge in [0.25, 0.3) is 0 Å². The lowest BCUT2D eigenvalue weighted by Crippen LogP contribution is -2.65. The van der Waals surface area contributed by atoms with Crippen LogP contribution in [0.25, 0.3) is 10.9 Å². The molecule has 5 aliphatic rings. The molecule has 59 heavy (non-hydrogen) atoms. The van der Waals surface area contributed by atoms with E-state index >= 15 is 0 Å². The van der Waals surface area contributed by atoms with E-state index in [0.717, 1.165) is 35.7 Å². The van der Waals surface area contributed by atoms with E-state index in [1.165, 1.54) is 4.90 Å². The van der Waals surface area contributed by atoms with Gasteiger partial charge in [0.1, 0.15) is 35.7 Å². The van der Waals surface area contributed by atoms with Gasteiger partial charge >= 0.3 is 0 Å². The Morgan fingerprint density at radius 1 is 0.746 bits per heavy atom. The molecule has 310 valence electrons. The van der Waals surface area contributed by atoms with Crippen LogP contribution in [0, 0.1) is 17.2 Å². The number of aliphatic hydroxyl groups excluding tert-OH is 1. The van der Waals surface area contributed by atoms with E-state index in [2.05, 4.69) is 32.3 Å². The minimum atomic E-state index is -1.42. The molecule has 0 radical (unpaired) electrons. The predicted molar refractivity (Wildman–Crippen MR) is 215 cm³/mol. The van der Waals surface area contributed by atoms with Crippen molar-refractivity contribution in [3.63, 3.8) is 0 Å². The molecule has 5 fully saturated rings. The summed E-state index contributed by atoms with van der Waals surface area (Å²) in [5.41, 5.74) is 1.26. The maximum atomic E-state index is 14.8. The molecule has 2 saturated carbocycles.